The van der Waals surface area contributed by atoms with E-state index in [9.17, 15) is 4.79 Å². The molecule has 0 saturated heterocycles. The lowest BCUT2D eigenvalue weighted by molar-refractivity contribution is 0.103. The van der Waals surface area contributed by atoms with Gasteiger partial charge in [0.05, 0.1) is 11.1 Å². The Balaban J connectivity index is 2.25. The average molecular weight is 228 g/mol. The molecule has 0 radical (unpaired) electrons. The van der Waals surface area contributed by atoms with Crippen molar-refractivity contribution in [2.75, 3.05) is 0 Å². The Hall–Kier alpha value is -2.10. The number of rotatable bonds is 0. The minimum atomic E-state index is -0.00120. The Bertz CT molecular complexity index is 614. The maximum absolute atomic E-state index is 12.4. The van der Waals surface area contributed by atoms with Gasteiger partial charge in [-0.3, -0.25) is 9.48 Å². The van der Waals surface area contributed by atoms with Crippen molar-refractivity contribution in [2.24, 2.45) is 7.05 Å². The molecular formula is C13H12N2O2. The predicted molar refractivity (Wildman–Crippen MR) is 62.2 cm³/mol. The van der Waals surface area contributed by atoms with E-state index in [2.05, 4.69) is 5.10 Å². The lowest BCUT2D eigenvalue weighted by atomic mass is 10.0. The van der Waals surface area contributed by atoms with E-state index >= 15 is 0 Å². The number of fused-ring (bicyclic) bond motifs is 2. The summed E-state index contributed by atoms with van der Waals surface area (Å²) in [6.07, 6.45) is 0. The number of hydrogen-bond acceptors (Lipinski definition) is 3. The van der Waals surface area contributed by atoms with Crippen LogP contribution in [0.4, 0.5) is 0 Å². The Morgan fingerprint density at radius 2 is 2.12 bits per heavy atom. The summed E-state index contributed by atoms with van der Waals surface area (Å²) in [5, 5.41) is 4.32. The molecule has 0 unspecified atom stereocenters. The minimum absolute atomic E-state index is 0.00120. The van der Waals surface area contributed by atoms with Crippen molar-refractivity contribution in [3.63, 3.8) is 0 Å². The second-order valence-electron chi connectivity index (χ2n) is 4.14. The van der Waals surface area contributed by atoms with Gasteiger partial charge in [0, 0.05) is 12.7 Å². The van der Waals surface area contributed by atoms with Crippen molar-refractivity contribution in [1.29, 1.82) is 0 Å². The van der Waals surface area contributed by atoms with Crippen molar-refractivity contribution in [1.82, 2.24) is 9.78 Å². The number of hydrogen-bond donors (Lipinski definition) is 0. The van der Waals surface area contributed by atoms with E-state index in [1.54, 1.807) is 10.7 Å². The minimum Gasteiger partial charge on any atom is -0.486 e. The lowest BCUT2D eigenvalue weighted by Gasteiger charge is -2.05. The fourth-order valence-electron chi connectivity index (χ4n) is 2.13. The van der Waals surface area contributed by atoms with Gasteiger partial charge in [0.1, 0.15) is 18.1 Å². The largest absolute Gasteiger partial charge is 0.486 e. The number of nitrogens with zero attached hydrogens (tertiary/aromatic N) is 2. The maximum Gasteiger partial charge on any atom is 0.200 e. The Morgan fingerprint density at radius 3 is 2.94 bits per heavy atom. The Morgan fingerprint density at radius 1 is 1.35 bits per heavy atom. The molecular weight excluding hydrogens is 216 g/mol. The second kappa shape index (κ2) is 3.45. The third-order valence-corrected chi connectivity index (χ3v) is 3.13. The van der Waals surface area contributed by atoms with Crippen LogP contribution in [0.3, 0.4) is 0 Å². The highest BCUT2D eigenvalue weighted by Gasteiger charge is 2.26. The van der Waals surface area contributed by atoms with Crippen molar-refractivity contribution in [3.8, 4) is 5.75 Å². The zero-order chi connectivity index (χ0) is 12.0. The molecule has 0 saturated carbocycles. The first-order chi connectivity index (χ1) is 8.18. The Labute approximate surface area is 98.8 Å². The molecule has 1 aliphatic rings. The smallest absolute Gasteiger partial charge is 0.200 e. The van der Waals surface area contributed by atoms with E-state index in [0.717, 1.165) is 5.69 Å². The summed E-state index contributed by atoms with van der Waals surface area (Å²) < 4.78 is 7.34. The highest BCUT2D eigenvalue weighted by Crippen LogP contribution is 2.29. The van der Waals surface area contributed by atoms with Gasteiger partial charge < -0.3 is 4.74 Å². The fourth-order valence-corrected chi connectivity index (χ4v) is 2.13. The first-order valence-corrected chi connectivity index (χ1v) is 5.47. The van der Waals surface area contributed by atoms with Crippen molar-refractivity contribution in [3.05, 3.63) is 46.8 Å². The van der Waals surface area contributed by atoms with Crippen LogP contribution in [0, 0.1) is 6.92 Å². The Kier molecular flexibility index (Phi) is 2.04. The number of carbonyl (C=O) groups is 1. The van der Waals surface area contributed by atoms with Gasteiger partial charge in [-0.2, -0.15) is 5.10 Å². The number of para-hydroxylation sites is 1. The van der Waals surface area contributed by atoms with Gasteiger partial charge in [-0.1, -0.05) is 12.1 Å². The zero-order valence-electron chi connectivity index (χ0n) is 9.73. The van der Waals surface area contributed by atoms with E-state index in [-0.39, 0.29) is 5.78 Å². The average Bonchev–Trinajstić information content (AvgIpc) is 2.53. The molecule has 0 amide bonds. The SMILES string of the molecule is Cc1c2c(nn1C)COc1ccccc1C2=O. The quantitative estimate of drug-likeness (QED) is 0.691. The van der Waals surface area contributed by atoms with Crippen molar-refractivity contribution >= 4 is 5.78 Å². The van der Waals surface area contributed by atoms with Crippen LogP contribution in [-0.2, 0) is 13.7 Å². The second-order valence-corrected chi connectivity index (χ2v) is 4.14. The molecule has 2 aromatic rings. The van der Waals surface area contributed by atoms with E-state index in [1.807, 2.05) is 32.2 Å². The van der Waals surface area contributed by atoms with Crippen LogP contribution in [-0.4, -0.2) is 15.6 Å². The number of benzene rings is 1. The van der Waals surface area contributed by atoms with Crippen LogP contribution < -0.4 is 4.74 Å². The molecule has 0 atom stereocenters. The first kappa shape index (κ1) is 10.1. The van der Waals surface area contributed by atoms with E-state index in [4.69, 9.17) is 4.74 Å². The highest BCUT2D eigenvalue weighted by atomic mass is 16.5. The summed E-state index contributed by atoms with van der Waals surface area (Å²) in [6, 6.07) is 7.31. The van der Waals surface area contributed by atoms with Gasteiger partial charge in [-0.05, 0) is 19.1 Å². The van der Waals surface area contributed by atoms with Gasteiger partial charge in [0.15, 0.2) is 0 Å². The number of carbonyl (C=O) groups excluding carboxylic acids is 1. The molecule has 0 aliphatic carbocycles. The molecule has 17 heavy (non-hydrogen) atoms. The summed E-state index contributed by atoms with van der Waals surface area (Å²) in [4.78, 5) is 12.4. The third kappa shape index (κ3) is 1.37. The third-order valence-electron chi connectivity index (χ3n) is 3.13. The summed E-state index contributed by atoms with van der Waals surface area (Å²) in [5.41, 5.74) is 2.89. The molecule has 1 aromatic heterocycles. The summed E-state index contributed by atoms with van der Waals surface area (Å²) in [6.45, 7) is 2.25. The molecule has 86 valence electrons. The molecule has 1 aliphatic heterocycles. The maximum atomic E-state index is 12.4. The van der Waals surface area contributed by atoms with Gasteiger partial charge in [0.2, 0.25) is 5.78 Å². The van der Waals surface area contributed by atoms with E-state index < -0.39 is 0 Å². The summed E-state index contributed by atoms with van der Waals surface area (Å²) in [7, 11) is 1.84. The summed E-state index contributed by atoms with van der Waals surface area (Å²) >= 11 is 0. The molecule has 3 rings (SSSR count). The molecule has 0 spiro atoms. The van der Waals surface area contributed by atoms with E-state index in [1.165, 1.54) is 0 Å². The molecule has 4 heteroatoms. The topological polar surface area (TPSA) is 44.1 Å². The van der Waals surface area contributed by atoms with Gasteiger partial charge in [0.25, 0.3) is 0 Å². The van der Waals surface area contributed by atoms with Crippen molar-refractivity contribution in [2.45, 2.75) is 13.5 Å². The molecule has 0 bridgehead atoms. The van der Waals surface area contributed by atoms with Crippen LogP contribution in [0.1, 0.15) is 27.3 Å². The molecule has 0 fully saturated rings. The number of ketones is 1. The monoisotopic (exact) mass is 228 g/mol. The number of aromatic nitrogens is 2. The van der Waals surface area contributed by atoms with Crippen LogP contribution in [0.5, 0.6) is 5.75 Å². The van der Waals surface area contributed by atoms with E-state index in [0.29, 0.717) is 29.2 Å². The van der Waals surface area contributed by atoms with Crippen LogP contribution in [0.2, 0.25) is 0 Å². The molecule has 0 N–H and O–H groups in total. The standard InChI is InChI=1S/C13H12N2O2/c1-8-12-10(14-15(8)2)7-17-11-6-4-3-5-9(11)13(12)16/h3-6H,7H2,1-2H3. The number of ether oxygens (including phenoxy) is 1. The van der Waals surface area contributed by atoms with Gasteiger partial charge in [-0.15, -0.1) is 0 Å². The van der Waals surface area contributed by atoms with Crippen molar-refractivity contribution < 1.29 is 9.53 Å². The highest BCUT2D eigenvalue weighted by molar-refractivity contribution is 6.12. The normalized spacial score (nSPS) is 13.6. The van der Waals surface area contributed by atoms with Crippen LogP contribution in [0.15, 0.2) is 24.3 Å². The zero-order valence-corrected chi connectivity index (χ0v) is 9.73. The molecule has 2 heterocycles. The van der Waals surface area contributed by atoms with Gasteiger partial charge >= 0.3 is 0 Å². The van der Waals surface area contributed by atoms with Crippen LogP contribution >= 0.6 is 0 Å². The number of aryl methyl sites for hydroxylation is 1. The summed E-state index contributed by atoms with van der Waals surface area (Å²) in [5.74, 6) is 0.635. The predicted octanol–water partition coefficient (Wildman–Crippen LogP) is 1.85. The van der Waals surface area contributed by atoms with Crippen LogP contribution in [0.25, 0.3) is 0 Å². The lowest BCUT2D eigenvalue weighted by Crippen LogP contribution is -2.03. The first-order valence-electron chi connectivity index (χ1n) is 5.47. The van der Waals surface area contributed by atoms with Gasteiger partial charge in [-0.25, -0.2) is 0 Å². The molecule has 4 nitrogen and oxygen atoms in total. The molecule has 1 aromatic carbocycles. The fraction of sp³-hybridized carbons (Fsp3) is 0.231.